The maximum absolute atomic E-state index is 12.4. The van der Waals surface area contributed by atoms with E-state index in [0.29, 0.717) is 11.7 Å². The Labute approximate surface area is 176 Å². The first-order valence-corrected chi connectivity index (χ1v) is 9.60. The van der Waals surface area contributed by atoms with E-state index in [4.69, 9.17) is 17.0 Å². The predicted molar refractivity (Wildman–Crippen MR) is 122 cm³/mol. The van der Waals surface area contributed by atoms with E-state index in [-0.39, 0.29) is 5.91 Å². The number of ether oxygens (including phenoxy) is 1. The number of methoxy groups -OCH3 is 1. The highest BCUT2D eigenvalue weighted by atomic mass is 32.1. The first-order chi connectivity index (χ1) is 14.2. The Bertz CT molecular complexity index is 971. The molecule has 1 amide bonds. The van der Waals surface area contributed by atoms with E-state index in [1.807, 2.05) is 89.8 Å². The highest BCUT2D eigenvalue weighted by molar-refractivity contribution is 7.80. The summed E-state index contributed by atoms with van der Waals surface area (Å²) in [6.07, 6.45) is 3.21. The van der Waals surface area contributed by atoms with Gasteiger partial charge in [0.05, 0.1) is 13.7 Å². The summed E-state index contributed by atoms with van der Waals surface area (Å²) in [4.78, 5) is 14.3. The van der Waals surface area contributed by atoms with E-state index in [1.54, 1.807) is 13.2 Å². The van der Waals surface area contributed by atoms with E-state index in [2.05, 4.69) is 5.32 Å². The van der Waals surface area contributed by atoms with E-state index in [1.165, 1.54) is 6.08 Å². The number of carbonyl (C=O) groups is 1. The minimum Gasteiger partial charge on any atom is -0.497 e. The lowest BCUT2D eigenvalue weighted by atomic mass is 10.2. The molecule has 3 aromatic carbocycles. The second kappa shape index (κ2) is 10.2. The molecular formula is C24H22N2O2S. The number of nitrogens with zero attached hydrogens (tertiary/aromatic N) is 1. The molecule has 5 heteroatoms. The molecule has 1 N–H and O–H groups in total. The zero-order valence-corrected chi connectivity index (χ0v) is 16.9. The van der Waals surface area contributed by atoms with Crippen molar-refractivity contribution >= 4 is 35.0 Å². The number of carbonyl (C=O) groups excluding carboxylic acids is 1. The van der Waals surface area contributed by atoms with Gasteiger partial charge in [0.2, 0.25) is 5.91 Å². The van der Waals surface area contributed by atoms with Crippen LogP contribution in [0, 0.1) is 0 Å². The lowest BCUT2D eigenvalue weighted by Crippen LogP contribution is -2.41. The molecule has 0 aliphatic heterocycles. The van der Waals surface area contributed by atoms with Crippen LogP contribution in [0.15, 0.2) is 91.0 Å². The second-order valence-electron chi connectivity index (χ2n) is 6.31. The number of rotatable bonds is 6. The first-order valence-electron chi connectivity index (χ1n) is 9.19. The number of benzene rings is 3. The van der Waals surface area contributed by atoms with Gasteiger partial charge in [-0.3, -0.25) is 10.1 Å². The van der Waals surface area contributed by atoms with Crippen LogP contribution in [0.5, 0.6) is 5.75 Å². The third kappa shape index (κ3) is 6.02. The Morgan fingerprint density at radius 1 is 0.966 bits per heavy atom. The van der Waals surface area contributed by atoms with Gasteiger partial charge in [-0.2, -0.15) is 0 Å². The molecule has 0 aliphatic carbocycles. The molecule has 0 fully saturated rings. The molecule has 146 valence electrons. The number of hydrogen-bond donors (Lipinski definition) is 1. The van der Waals surface area contributed by atoms with Gasteiger partial charge >= 0.3 is 0 Å². The van der Waals surface area contributed by atoms with Gasteiger partial charge in [0, 0.05) is 11.8 Å². The molecule has 3 aromatic rings. The zero-order valence-electron chi connectivity index (χ0n) is 16.1. The molecule has 0 radical (unpaired) electrons. The molecular weight excluding hydrogens is 380 g/mol. The van der Waals surface area contributed by atoms with Crippen molar-refractivity contribution in [1.29, 1.82) is 0 Å². The summed E-state index contributed by atoms with van der Waals surface area (Å²) in [5.74, 6) is 0.493. The summed E-state index contributed by atoms with van der Waals surface area (Å²) < 4.78 is 5.14. The van der Waals surface area contributed by atoms with Crippen LogP contribution in [-0.2, 0) is 11.3 Å². The summed E-state index contributed by atoms with van der Waals surface area (Å²) >= 11 is 5.54. The van der Waals surface area contributed by atoms with Crippen LogP contribution in [-0.4, -0.2) is 18.1 Å². The van der Waals surface area contributed by atoms with Crippen LogP contribution in [0.25, 0.3) is 6.08 Å². The zero-order chi connectivity index (χ0) is 20.5. The number of amides is 1. The van der Waals surface area contributed by atoms with Crippen LogP contribution in [0.3, 0.4) is 0 Å². The van der Waals surface area contributed by atoms with Crippen molar-refractivity contribution in [2.45, 2.75) is 6.54 Å². The molecule has 0 heterocycles. The van der Waals surface area contributed by atoms with Gasteiger partial charge in [-0.05, 0) is 53.7 Å². The number of para-hydroxylation sites is 1. The topological polar surface area (TPSA) is 41.6 Å². The molecule has 0 saturated carbocycles. The van der Waals surface area contributed by atoms with Gasteiger partial charge in [-0.25, -0.2) is 0 Å². The molecule has 3 rings (SSSR count). The number of nitrogens with one attached hydrogen (secondary N) is 1. The second-order valence-corrected chi connectivity index (χ2v) is 6.69. The van der Waals surface area contributed by atoms with Gasteiger partial charge in [0.15, 0.2) is 5.11 Å². The maximum atomic E-state index is 12.4. The normalized spacial score (nSPS) is 10.5. The Balaban J connectivity index is 1.70. The van der Waals surface area contributed by atoms with Crippen LogP contribution < -0.4 is 15.0 Å². The Morgan fingerprint density at radius 2 is 1.59 bits per heavy atom. The fourth-order valence-electron chi connectivity index (χ4n) is 2.76. The first kappa shape index (κ1) is 20.3. The van der Waals surface area contributed by atoms with E-state index in [9.17, 15) is 4.79 Å². The van der Waals surface area contributed by atoms with Crippen molar-refractivity contribution in [2.75, 3.05) is 12.0 Å². The predicted octanol–water partition coefficient (Wildman–Crippen LogP) is 4.82. The van der Waals surface area contributed by atoms with Crippen LogP contribution in [0.4, 0.5) is 5.69 Å². The lowest BCUT2D eigenvalue weighted by molar-refractivity contribution is -0.115. The summed E-state index contributed by atoms with van der Waals surface area (Å²) in [5.41, 5.74) is 2.92. The maximum Gasteiger partial charge on any atom is 0.250 e. The minimum absolute atomic E-state index is 0.278. The smallest absolute Gasteiger partial charge is 0.250 e. The number of thiocarbonyl (C=S) groups is 1. The van der Waals surface area contributed by atoms with Crippen LogP contribution in [0.2, 0.25) is 0 Å². The molecule has 0 bridgehead atoms. The largest absolute Gasteiger partial charge is 0.497 e. The highest BCUT2D eigenvalue weighted by Gasteiger charge is 2.14. The summed E-state index contributed by atoms with van der Waals surface area (Å²) in [6, 6.07) is 27.2. The molecule has 0 unspecified atom stereocenters. The standard InChI is InChI=1S/C24H22N2O2S/c1-28-22-15-12-19(13-16-22)14-17-23(27)25-24(29)26(21-10-6-3-7-11-21)18-20-8-4-2-5-9-20/h2-17H,18H2,1H3,(H,25,27,29)/b17-14+. The van der Waals surface area contributed by atoms with Crippen molar-refractivity contribution in [3.63, 3.8) is 0 Å². The fourth-order valence-corrected chi connectivity index (χ4v) is 3.03. The molecule has 4 nitrogen and oxygen atoms in total. The van der Waals surface area contributed by atoms with Crippen molar-refractivity contribution in [1.82, 2.24) is 5.32 Å². The fraction of sp³-hybridized carbons (Fsp3) is 0.0833. The summed E-state index contributed by atoms with van der Waals surface area (Å²) in [7, 11) is 1.62. The third-order valence-electron chi connectivity index (χ3n) is 4.27. The van der Waals surface area contributed by atoms with Crippen molar-refractivity contribution in [2.24, 2.45) is 0 Å². The van der Waals surface area contributed by atoms with Crippen molar-refractivity contribution < 1.29 is 9.53 Å². The molecule has 0 aromatic heterocycles. The van der Waals surface area contributed by atoms with E-state index < -0.39 is 0 Å². The molecule has 0 spiro atoms. The lowest BCUT2D eigenvalue weighted by Gasteiger charge is -2.25. The molecule has 0 atom stereocenters. The van der Waals surface area contributed by atoms with Gasteiger partial charge in [-0.15, -0.1) is 0 Å². The number of hydrogen-bond acceptors (Lipinski definition) is 3. The Hall–Kier alpha value is -3.44. The van der Waals surface area contributed by atoms with Gasteiger partial charge < -0.3 is 9.64 Å². The third-order valence-corrected chi connectivity index (χ3v) is 4.59. The monoisotopic (exact) mass is 402 g/mol. The van der Waals surface area contributed by atoms with Gasteiger partial charge in [0.1, 0.15) is 5.75 Å². The van der Waals surface area contributed by atoms with E-state index >= 15 is 0 Å². The quantitative estimate of drug-likeness (QED) is 0.474. The SMILES string of the molecule is COc1ccc(/C=C/C(=O)NC(=S)N(Cc2ccccc2)c2ccccc2)cc1. The Morgan fingerprint density at radius 3 is 2.21 bits per heavy atom. The van der Waals surface area contributed by atoms with Crippen LogP contribution in [0.1, 0.15) is 11.1 Å². The summed E-state index contributed by atoms with van der Waals surface area (Å²) in [6.45, 7) is 0.562. The highest BCUT2D eigenvalue weighted by Crippen LogP contribution is 2.17. The Kier molecular flexibility index (Phi) is 7.14. The number of anilines is 1. The molecule has 29 heavy (non-hydrogen) atoms. The van der Waals surface area contributed by atoms with Crippen molar-refractivity contribution in [3.05, 3.63) is 102 Å². The summed E-state index contributed by atoms with van der Waals surface area (Å²) in [5, 5.41) is 3.15. The average Bonchev–Trinajstić information content (AvgIpc) is 2.77. The molecule has 0 saturated heterocycles. The molecule has 0 aliphatic rings. The van der Waals surface area contributed by atoms with Crippen LogP contribution >= 0.6 is 12.2 Å². The minimum atomic E-state index is -0.278. The average molecular weight is 403 g/mol. The van der Waals surface area contributed by atoms with Crippen molar-refractivity contribution in [3.8, 4) is 5.75 Å². The van der Waals surface area contributed by atoms with Gasteiger partial charge in [0.25, 0.3) is 0 Å². The van der Waals surface area contributed by atoms with Gasteiger partial charge in [-0.1, -0.05) is 60.7 Å². The van der Waals surface area contributed by atoms with E-state index in [0.717, 1.165) is 22.6 Å².